The van der Waals surface area contributed by atoms with Crippen molar-refractivity contribution in [2.24, 2.45) is 5.90 Å². The third-order valence-corrected chi connectivity index (χ3v) is 2.15. The van der Waals surface area contributed by atoms with Crippen LogP contribution in [0.4, 0.5) is 4.39 Å². The zero-order valence-corrected chi connectivity index (χ0v) is 8.71. The highest BCUT2D eigenvalue weighted by Gasteiger charge is 2.15. The predicted molar refractivity (Wildman–Crippen MR) is 53.2 cm³/mol. The van der Waals surface area contributed by atoms with E-state index in [0.29, 0.717) is 17.5 Å². The molecule has 0 unspecified atom stereocenters. The minimum atomic E-state index is -0.686. The minimum Gasteiger partial charge on any atom is -0.502 e. The lowest BCUT2D eigenvalue weighted by molar-refractivity contribution is 0.140. The van der Waals surface area contributed by atoms with Crippen molar-refractivity contribution in [3.05, 3.63) is 23.0 Å². The van der Waals surface area contributed by atoms with E-state index >= 15 is 0 Å². The first-order valence-corrected chi connectivity index (χ1v) is 4.48. The summed E-state index contributed by atoms with van der Waals surface area (Å²) in [6, 6.07) is 1.60. The average molecular weight is 215 g/mol. The molecular formula is C10H14FNO3. The van der Waals surface area contributed by atoms with Gasteiger partial charge in [-0.2, -0.15) is 0 Å². The van der Waals surface area contributed by atoms with Gasteiger partial charge < -0.3 is 14.7 Å². The number of hydrogen-bond donors (Lipinski definition) is 2. The van der Waals surface area contributed by atoms with Crippen LogP contribution in [0.2, 0.25) is 0 Å². The molecule has 3 N–H and O–H groups in total. The van der Waals surface area contributed by atoms with Crippen LogP contribution in [0.25, 0.3) is 0 Å². The highest BCUT2D eigenvalue weighted by atomic mass is 19.1. The van der Waals surface area contributed by atoms with Crippen LogP contribution in [-0.2, 0) is 11.3 Å². The molecule has 0 spiro atoms. The van der Waals surface area contributed by atoms with Crippen molar-refractivity contribution >= 4 is 0 Å². The van der Waals surface area contributed by atoms with E-state index < -0.39 is 11.6 Å². The lowest BCUT2D eigenvalue weighted by Gasteiger charge is -2.11. The highest BCUT2D eigenvalue weighted by molar-refractivity contribution is 5.49. The van der Waals surface area contributed by atoms with Gasteiger partial charge in [0.1, 0.15) is 0 Å². The fourth-order valence-electron chi connectivity index (χ4n) is 1.44. The topological polar surface area (TPSA) is 64.7 Å². The van der Waals surface area contributed by atoms with Gasteiger partial charge in [-0.05, 0) is 24.1 Å². The molecule has 0 heterocycles. The molecule has 15 heavy (non-hydrogen) atoms. The highest BCUT2D eigenvalue weighted by Crippen LogP contribution is 2.34. The molecule has 1 aromatic rings. The van der Waals surface area contributed by atoms with E-state index in [2.05, 4.69) is 4.84 Å². The van der Waals surface area contributed by atoms with Gasteiger partial charge in [0.2, 0.25) is 0 Å². The van der Waals surface area contributed by atoms with Gasteiger partial charge in [0.15, 0.2) is 17.3 Å². The van der Waals surface area contributed by atoms with Crippen molar-refractivity contribution in [3.8, 4) is 11.5 Å². The summed E-state index contributed by atoms with van der Waals surface area (Å²) in [5, 5.41) is 9.49. The smallest absolute Gasteiger partial charge is 0.194 e. The van der Waals surface area contributed by atoms with E-state index in [9.17, 15) is 9.50 Å². The van der Waals surface area contributed by atoms with Crippen LogP contribution < -0.4 is 10.6 Å². The Morgan fingerprint density at radius 1 is 1.53 bits per heavy atom. The van der Waals surface area contributed by atoms with Crippen molar-refractivity contribution in [2.75, 3.05) is 13.7 Å². The van der Waals surface area contributed by atoms with Gasteiger partial charge in [0.05, 0.1) is 13.7 Å². The fourth-order valence-corrected chi connectivity index (χ4v) is 1.44. The minimum absolute atomic E-state index is 0.157. The molecule has 1 aromatic carbocycles. The van der Waals surface area contributed by atoms with Gasteiger partial charge in [-0.15, -0.1) is 0 Å². The summed E-state index contributed by atoms with van der Waals surface area (Å²) in [6.45, 7) is 1.92. The second-order valence-corrected chi connectivity index (χ2v) is 3.17. The summed E-state index contributed by atoms with van der Waals surface area (Å²) < 4.78 is 18.4. The molecule has 0 radical (unpaired) electrons. The molecule has 4 nitrogen and oxygen atoms in total. The molecule has 0 saturated heterocycles. The van der Waals surface area contributed by atoms with Crippen LogP contribution in [0.1, 0.15) is 11.1 Å². The molecule has 5 heteroatoms. The van der Waals surface area contributed by atoms with Crippen LogP contribution in [0, 0.1) is 12.7 Å². The molecule has 0 aliphatic rings. The molecular weight excluding hydrogens is 201 g/mol. The molecule has 1 rings (SSSR count). The first kappa shape index (κ1) is 11.7. The Labute approximate surface area is 87.4 Å². The second-order valence-electron chi connectivity index (χ2n) is 3.17. The number of halogens is 1. The van der Waals surface area contributed by atoms with E-state index in [1.165, 1.54) is 7.11 Å². The van der Waals surface area contributed by atoms with Crippen LogP contribution in [0.15, 0.2) is 6.07 Å². The van der Waals surface area contributed by atoms with Crippen LogP contribution in [0.3, 0.4) is 0 Å². The molecule has 0 aromatic heterocycles. The maximum absolute atomic E-state index is 13.5. The predicted octanol–water partition coefficient (Wildman–Crippen LogP) is 1.28. The van der Waals surface area contributed by atoms with Gasteiger partial charge in [0.25, 0.3) is 0 Å². The van der Waals surface area contributed by atoms with E-state index in [1.807, 2.05) is 0 Å². The Hall–Kier alpha value is -1.33. The van der Waals surface area contributed by atoms with Gasteiger partial charge >= 0.3 is 0 Å². The first-order valence-electron chi connectivity index (χ1n) is 4.48. The number of rotatable bonds is 4. The van der Waals surface area contributed by atoms with Crippen molar-refractivity contribution in [1.29, 1.82) is 0 Å². The number of ether oxygens (including phenoxy) is 1. The number of benzene rings is 1. The van der Waals surface area contributed by atoms with Crippen molar-refractivity contribution in [2.45, 2.75) is 13.3 Å². The number of phenols is 1. The largest absolute Gasteiger partial charge is 0.502 e. The number of methoxy groups -OCH3 is 1. The molecule has 0 aliphatic heterocycles. The fraction of sp³-hybridized carbons (Fsp3) is 0.400. The molecule has 0 amide bonds. The molecule has 0 bridgehead atoms. The van der Waals surface area contributed by atoms with Gasteiger partial charge in [-0.3, -0.25) is 0 Å². The Kier molecular flexibility index (Phi) is 3.88. The Morgan fingerprint density at radius 3 is 2.73 bits per heavy atom. The van der Waals surface area contributed by atoms with Crippen LogP contribution >= 0.6 is 0 Å². The third-order valence-electron chi connectivity index (χ3n) is 2.15. The number of aryl methyl sites for hydroxylation is 1. The molecule has 0 fully saturated rings. The van der Waals surface area contributed by atoms with Crippen molar-refractivity contribution in [1.82, 2.24) is 0 Å². The monoisotopic (exact) mass is 215 g/mol. The van der Waals surface area contributed by atoms with Crippen LogP contribution in [-0.4, -0.2) is 18.8 Å². The summed E-state index contributed by atoms with van der Waals surface area (Å²) in [4.78, 5) is 4.36. The summed E-state index contributed by atoms with van der Waals surface area (Å²) in [7, 11) is 1.38. The first-order chi connectivity index (χ1) is 7.11. The summed E-state index contributed by atoms with van der Waals surface area (Å²) in [5.74, 6) is 3.85. The molecule has 0 saturated carbocycles. The number of aromatic hydroxyl groups is 1. The number of hydrogen-bond acceptors (Lipinski definition) is 4. The van der Waals surface area contributed by atoms with Gasteiger partial charge in [-0.25, -0.2) is 10.3 Å². The lowest BCUT2D eigenvalue weighted by atomic mass is 10.1. The summed E-state index contributed by atoms with van der Waals surface area (Å²) in [6.07, 6.45) is 0.306. The normalized spacial score (nSPS) is 10.4. The second kappa shape index (κ2) is 4.95. The zero-order valence-electron chi connectivity index (χ0n) is 8.71. The van der Waals surface area contributed by atoms with E-state index in [-0.39, 0.29) is 12.4 Å². The lowest BCUT2D eigenvalue weighted by Crippen LogP contribution is -2.06. The average Bonchev–Trinajstić information content (AvgIpc) is 2.22. The van der Waals surface area contributed by atoms with E-state index in [4.69, 9.17) is 10.6 Å². The summed E-state index contributed by atoms with van der Waals surface area (Å²) >= 11 is 0. The molecule has 84 valence electrons. The SMILES string of the molecule is COc1c(C)cc(CCON)c(F)c1O. The zero-order chi connectivity index (χ0) is 11.4. The standard InChI is InChI=1S/C10H14FNO3/c1-6-5-7(3-4-15-12)8(11)9(13)10(6)14-2/h5,13H,3-4,12H2,1-2H3. The number of nitrogens with two attached hydrogens (primary N) is 1. The van der Waals surface area contributed by atoms with Crippen molar-refractivity contribution in [3.63, 3.8) is 0 Å². The Morgan fingerprint density at radius 2 is 2.20 bits per heavy atom. The summed E-state index contributed by atoms with van der Waals surface area (Å²) in [5.41, 5.74) is 1.03. The Balaban J connectivity index is 3.10. The quantitative estimate of drug-likeness (QED) is 0.742. The molecule has 0 atom stereocenters. The van der Waals surface area contributed by atoms with E-state index in [1.54, 1.807) is 13.0 Å². The van der Waals surface area contributed by atoms with Gasteiger partial charge in [0, 0.05) is 6.42 Å². The van der Waals surface area contributed by atoms with Crippen LogP contribution in [0.5, 0.6) is 11.5 Å². The molecule has 0 aliphatic carbocycles. The number of phenolic OH excluding ortho intramolecular Hbond substituents is 1. The van der Waals surface area contributed by atoms with E-state index in [0.717, 1.165) is 0 Å². The van der Waals surface area contributed by atoms with Crippen molar-refractivity contribution < 1.29 is 19.1 Å². The van der Waals surface area contributed by atoms with Gasteiger partial charge in [-0.1, -0.05) is 0 Å². The maximum atomic E-state index is 13.5. The Bertz CT molecular complexity index is 355. The third kappa shape index (κ3) is 2.37. The maximum Gasteiger partial charge on any atom is 0.194 e.